The normalized spacial score (nSPS) is 20.1. The van der Waals surface area contributed by atoms with Gasteiger partial charge in [-0.1, -0.05) is 18.2 Å². The number of guanidine groups is 1. The lowest BCUT2D eigenvalue weighted by Crippen LogP contribution is -2.47. The van der Waals surface area contributed by atoms with Crippen LogP contribution in [0.5, 0.6) is 5.75 Å². The number of para-hydroxylation sites is 1. The maximum Gasteiger partial charge on any atom is 0.191 e. The molecule has 1 saturated heterocycles. The molecule has 0 aromatic heterocycles. The van der Waals surface area contributed by atoms with Crippen molar-refractivity contribution in [1.82, 2.24) is 15.5 Å². The van der Waals surface area contributed by atoms with E-state index in [9.17, 15) is 0 Å². The predicted octanol–water partition coefficient (Wildman–Crippen LogP) is 3.05. The van der Waals surface area contributed by atoms with Gasteiger partial charge in [-0.05, 0) is 64.6 Å². The molecule has 26 heavy (non-hydrogen) atoms. The molecule has 1 aliphatic rings. The van der Waals surface area contributed by atoms with E-state index in [1.54, 1.807) is 0 Å². The molecule has 1 aliphatic heterocycles. The fourth-order valence-electron chi connectivity index (χ4n) is 3.38. The van der Waals surface area contributed by atoms with Gasteiger partial charge in [-0.3, -0.25) is 4.99 Å². The summed E-state index contributed by atoms with van der Waals surface area (Å²) in [5.41, 5.74) is 1.16. The summed E-state index contributed by atoms with van der Waals surface area (Å²) < 4.78 is 6.02. The van der Waals surface area contributed by atoms with E-state index in [1.807, 2.05) is 25.2 Å². The molecule has 0 bridgehead atoms. The van der Waals surface area contributed by atoms with Crippen molar-refractivity contribution in [2.75, 3.05) is 33.2 Å². The van der Waals surface area contributed by atoms with Crippen LogP contribution >= 0.6 is 0 Å². The molecule has 0 spiro atoms. The summed E-state index contributed by atoms with van der Waals surface area (Å²) in [6.07, 6.45) is 2.65. The van der Waals surface area contributed by atoms with E-state index in [0.717, 1.165) is 30.4 Å². The second kappa shape index (κ2) is 10.4. The minimum atomic E-state index is 0.0702. The number of hydrogen-bond donors (Lipinski definition) is 2. The fraction of sp³-hybridized carbons (Fsp3) is 0.667. The van der Waals surface area contributed by atoms with Crippen LogP contribution in [0.3, 0.4) is 0 Å². The first kappa shape index (κ1) is 20.6. The van der Waals surface area contributed by atoms with E-state index in [1.165, 1.54) is 25.9 Å². The van der Waals surface area contributed by atoms with Crippen molar-refractivity contribution >= 4 is 5.96 Å². The van der Waals surface area contributed by atoms with E-state index in [-0.39, 0.29) is 6.10 Å². The second-order valence-electron chi connectivity index (χ2n) is 7.62. The van der Waals surface area contributed by atoms with Gasteiger partial charge in [0.1, 0.15) is 11.9 Å². The van der Waals surface area contributed by atoms with Crippen LogP contribution in [0.4, 0.5) is 0 Å². The van der Waals surface area contributed by atoms with Crippen molar-refractivity contribution in [2.45, 2.75) is 52.7 Å². The molecule has 1 heterocycles. The van der Waals surface area contributed by atoms with Gasteiger partial charge in [-0.15, -0.1) is 0 Å². The molecule has 1 aromatic carbocycles. The molecule has 1 fully saturated rings. The maximum absolute atomic E-state index is 6.02. The minimum Gasteiger partial charge on any atom is -0.489 e. The number of piperidine rings is 1. The predicted molar refractivity (Wildman–Crippen MR) is 110 cm³/mol. The van der Waals surface area contributed by atoms with Gasteiger partial charge in [-0.25, -0.2) is 0 Å². The number of hydrogen-bond acceptors (Lipinski definition) is 3. The Morgan fingerprint density at radius 2 is 2.04 bits per heavy atom. The van der Waals surface area contributed by atoms with Crippen molar-refractivity contribution in [3.8, 4) is 5.75 Å². The topological polar surface area (TPSA) is 48.9 Å². The van der Waals surface area contributed by atoms with Crippen LogP contribution in [0.15, 0.2) is 29.3 Å². The van der Waals surface area contributed by atoms with Crippen LogP contribution in [-0.2, 0) is 0 Å². The number of nitrogens with one attached hydrogen (secondary N) is 2. The van der Waals surface area contributed by atoms with Crippen molar-refractivity contribution in [1.29, 1.82) is 0 Å². The average molecular weight is 361 g/mol. The summed E-state index contributed by atoms with van der Waals surface area (Å²) >= 11 is 0. The zero-order valence-electron chi connectivity index (χ0n) is 17.1. The number of ether oxygens (including phenoxy) is 1. The van der Waals surface area contributed by atoms with Crippen LogP contribution in [0.2, 0.25) is 0 Å². The summed E-state index contributed by atoms with van der Waals surface area (Å²) in [4.78, 5) is 6.92. The van der Waals surface area contributed by atoms with Crippen LogP contribution in [0.25, 0.3) is 0 Å². The van der Waals surface area contributed by atoms with Gasteiger partial charge in [0.05, 0.1) is 6.54 Å². The molecule has 0 amide bonds. The summed E-state index contributed by atoms with van der Waals surface area (Å²) in [5, 5.41) is 6.87. The summed E-state index contributed by atoms with van der Waals surface area (Å²) in [6.45, 7) is 12.8. The zero-order valence-corrected chi connectivity index (χ0v) is 17.1. The van der Waals surface area contributed by atoms with Gasteiger partial charge < -0.3 is 20.3 Å². The van der Waals surface area contributed by atoms with Crippen molar-refractivity contribution in [3.05, 3.63) is 29.8 Å². The molecule has 2 unspecified atom stereocenters. The number of aryl methyl sites for hydroxylation is 1. The number of aliphatic imine (C=N–C) groups is 1. The van der Waals surface area contributed by atoms with E-state index < -0.39 is 0 Å². The third kappa shape index (κ3) is 6.52. The summed E-state index contributed by atoms with van der Waals surface area (Å²) in [7, 11) is 1.82. The van der Waals surface area contributed by atoms with Crippen molar-refractivity contribution in [2.24, 2.45) is 10.9 Å². The Hall–Kier alpha value is -1.75. The third-order valence-corrected chi connectivity index (χ3v) is 5.04. The molecule has 2 rings (SSSR count). The van der Waals surface area contributed by atoms with E-state index >= 15 is 0 Å². The Balaban J connectivity index is 1.73. The average Bonchev–Trinajstić information content (AvgIpc) is 2.64. The zero-order chi connectivity index (χ0) is 18.9. The van der Waals surface area contributed by atoms with E-state index in [0.29, 0.717) is 12.0 Å². The van der Waals surface area contributed by atoms with Crippen LogP contribution in [-0.4, -0.2) is 56.2 Å². The van der Waals surface area contributed by atoms with E-state index in [4.69, 9.17) is 4.74 Å². The van der Waals surface area contributed by atoms with Gasteiger partial charge in [0.2, 0.25) is 0 Å². The second-order valence-corrected chi connectivity index (χ2v) is 7.62. The first-order valence-corrected chi connectivity index (χ1v) is 9.90. The van der Waals surface area contributed by atoms with Crippen molar-refractivity contribution in [3.63, 3.8) is 0 Å². The lowest BCUT2D eigenvalue weighted by molar-refractivity contribution is 0.141. The fourth-order valence-corrected chi connectivity index (χ4v) is 3.38. The number of benzene rings is 1. The first-order chi connectivity index (χ1) is 12.5. The van der Waals surface area contributed by atoms with Gasteiger partial charge in [0.15, 0.2) is 5.96 Å². The summed E-state index contributed by atoms with van der Waals surface area (Å²) in [6, 6.07) is 8.76. The van der Waals surface area contributed by atoms with Crippen LogP contribution in [0, 0.1) is 12.8 Å². The highest BCUT2D eigenvalue weighted by molar-refractivity contribution is 5.79. The Morgan fingerprint density at radius 3 is 2.73 bits per heavy atom. The standard InChI is InChI=1S/C21H36N4O/c1-16(2)25-12-8-10-19(15-25)14-24-21(22-5)23-13-18(4)26-20-11-7-6-9-17(20)3/h6-7,9,11,16,18-19H,8,10,12-15H2,1-5H3,(H2,22,23,24). The van der Waals surface area contributed by atoms with Gasteiger partial charge >= 0.3 is 0 Å². The molecule has 0 radical (unpaired) electrons. The first-order valence-electron chi connectivity index (χ1n) is 9.90. The van der Waals surface area contributed by atoms with E-state index in [2.05, 4.69) is 54.3 Å². The highest BCUT2D eigenvalue weighted by atomic mass is 16.5. The highest BCUT2D eigenvalue weighted by Gasteiger charge is 2.21. The lowest BCUT2D eigenvalue weighted by atomic mass is 9.97. The van der Waals surface area contributed by atoms with Crippen molar-refractivity contribution < 1.29 is 4.74 Å². The van der Waals surface area contributed by atoms with Crippen LogP contribution < -0.4 is 15.4 Å². The Labute approximate surface area is 159 Å². The molecule has 0 saturated carbocycles. The van der Waals surface area contributed by atoms with Gasteiger partial charge in [-0.2, -0.15) is 0 Å². The maximum atomic E-state index is 6.02. The quantitative estimate of drug-likeness (QED) is 0.580. The number of nitrogens with zero attached hydrogens (tertiary/aromatic N) is 2. The smallest absolute Gasteiger partial charge is 0.191 e. The largest absolute Gasteiger partial charge is 0.489 e. The molecule has 2 N–H and O–H groups in total. The van der Waals surface area contributed by atoms with Gasteiger partial charge in [0.25, 0.3) is 0 Å². The Morgan fingerprint density at radius 1 is 1.27 bits per heavy atom. The lowest BCUT2D eigenvalue weighted by Gasteiger charge is -2.35. The van der Waals surface area contributed by atoms with Gasteiger partial charge in [0, 0.05) is 26.2 Å². The number of likely N-dealkylation sites (tertiary alicyclic amines) is 1. The molecule has 0 aliphatic carbocycles. The minimum absolute atomic E-state index is 0.0702. The molecular weight excluding hydrogens is 324 g/mol. The molecule has 146 valence electrons. The number of rotatable bonds is 7. The SMILES string of the molecule is CN=C(NCC1CCCN(C(C)C)C1)NCC(C)Oc1ccccc1C. The monoisotopic (exact) mass is 360 g/mol. The molecular formula is C21H36N4O. The third-order valence-electron chi connectivity index (χ3n) is 5.04. The van der Waals surface area contributed by atoms with Crippen LogP contribution in [0.1, 0.15) is 39.2 Å². The molecule has 1 aromatic rings. The highest BCUT2D eigenvalue weighted by Crippen LogP contribution is 2.18. The molecule has 5 heteroatoms. The Kier molecular flexibility index (Phi) is 8.23. The molecule has 5 nitrogen and oxygen atoms in total. The molecule has 2 atom stereocenters. The summed E-state index contributed by atoms with van der Waals surface area (Å²) in [5.74, 6) is 2.48. The Bertz CT molecular complexity index is 573.